The average Bonchev–Trinajstić information content (AvgIpc) is 2.85. The molecule has 0 radical (unpaired) electrons. The van der Waals surface area contributed by atoms with Crippen LogP contribution < -0.4 is 5.32 Å². The normalized spacial score (nSPS) is 20.8. The number of carbonyl (C=O) groups is 1. The van der Waals surface area contributed by atoms with Gasteiger partial charge < -0.3 is 5.32 Å². The Balaban J connectivity index is 2.27. The van der Waals surface area contributed by atoms with Crippen LogP contribution in [-0.2, 0) is 6.54 Å². The Morgan fingerprint density at radius 1 is 1.80 bits per heavy atom. The summed E-state index contributed by atoms with van der Waals surface area (Å²) in [6, 6.07) is 0. The predicted octanol–water partition coefficient (Wildman–Crippen LogP) is 1.46. The predicted molar refractivity (Wildman–Crippen MR) is 60.9 cm³/mol. The van der Waals surface area contributed by atoms with Crippen molar-refractivity contribution in [1.29, 1.82) is 0 Å². The van der Waals surface area contributed by atoms with Crippen molar-refractivity contribution in [3.63, 3.8) is 0 Å². The van der Waals surface area contributed by atoms with Gasteiger partial charge in [0.05, 0.1) is 10.7 Å². The number of nitrogens with zero attached hydrogens (tertiary/aromatic N) is 2. The maximum absolute atomic E-state index is 12.2. The molecule has 1 aromatic heterocycles. The molecule has 1 saturated heterocycles. The van der Waals surface area contributed by atoms with Crippen LogP contribution in [0.15, 0.2) is 10.7 Å². The summed E-state index contributed by atoms with van der Waals surface area (Å²) in [6.45, 7) is 4.45. The summed E-state index contributed by atoms with van der Waals surface area (Å²) in [4.78, 5) is 12.2. The second-order valence-electron chi connectivity index (χ2n) is 3.71. The molecule has 0 saturated carbocycles. The molecule has 0 bridgehead atoms. The third-order valence-electron chi connectivity index (χ3n) is 2.76. The lowest BCUT2D eigenvalue weighted by atomic mass is 10.0. The van der Waals surface area contributed by atoms with Crippen molar-refractivity contribution in [2.75, 3.05) is 13.1 Å². The molecule has 1 fully saturated rings. The van der Waals surface area contributed by atoms with Gasteiger partial charge in [-0.05, 0) is 35.8 Å². The largest absolute Gasteiger partial charge is 0.316 e. The number of nitrogens with one attached hydrogen (secondary N) is 1. The first-order valence-corrected chi connectivity index (χ1v) is 5.99. The highest BCUT2D eigenvalue weighted by molar-refractivity contribution is 9.10. The molecule has 0 spiro atoms. The minimum Gasteiger partial charge on any atom is -0.316 e. The maximum atomic E-state index is 12.2. The molecule has 1 atom stereocenters. The van der Waals surface area contributed by atoms with Crippen LogP contribution in [0.1, 0.15) is 23.8 Å². The van der Waals surface area contributed by atoms with Gasteiger partial charge in [-0.2, -0.15) is 5.10 Å². The van der Waals surface area contributed by atoms with Crippen molar-refractivity contribution in [2.45, 2.75) is 19.9 Å². The summed E-state index contributed by atoms with van der Waals surface area (Å²) in [5.41, 5.74) is 0.714. The molecule has 5 heteroatoms. The van der Waals surface area contributed by atoms with Crippen LogP contribution in [0, 0.1) is 5.92 Å². The van der Waals surface area contributed by atoms with Crippen molar-refractivity contribution in [2.24, 2.45) is 5.92 Å². The van der Waals surface area contributed by atoms with E-state index in [4.69, 9.17) is 0 Å². The molecule has 2 rings (SSSR count). The SMILES string of the molecule is CCn1ncc(Br)c1C(=O)C1CCNC1. The van der Waals surface area contributed by atoms with Crippen LogP contribution in [0.25, 0.3) is 0 Å². The van der Waals surface area contributed by atoms with Crippen LogP contribution in [0.4, 0.5) is 0 Å². The summed E-state index contributed by atoms with van der Waals surface area (Å²) in [7, 11) is 0. The number of hydrogen-bond acceptors (Lipinski definition) is 3. The first-order chi connectivity index (χ1) is 7.24. The Kier molecular flexibility index (Phi) is 3.21. The second-order valence-corrected chi connectivity index (χ2v) is 4.57. The van der Waals surface area contributed by atoms with Crippen molar-refractivity contribution in [3.05, 3.63) is 16.4 Å². The molecule has 4 nitrogen and oxygen atoms in total. The smallest absolute Gasteiger partial charge is 0.186 e. The number of hydrogen-bond donors (Lipinski definition) is 1. The third kappa shape index (κ3) is 1.99. The third-order valence-corrected chi connectivity index (χ3v) is 3.34. The molecule has 1 aliphatic heterocycles. The van der Waals surface area contributed by atoms with E-state index in [1.807, 2.05) is 6.92 Å². The highest BCUT2D eigenvalue weighted by atomic mass is 79.9. The molecular weight excluding hydrogens is 258 g/mol. The van der Waals surface area contributed by atoms with Crippen LogP contribution in [-0.4, -0.2) is 28.7 Å². The van der Waals surface area contributed by atoms with Gasteiger partial charge in [-0.25, -0.2) is 0 Å². The van der Waals surface area contributed by atoms with Gasteiger partial charge in [0.2, 0.25) is 0 Å². The minimum absolute atomic E-state index is 0.114. The van der Waals surface area contributed by atoms with E-state index >= 15 is 0 Å². The van der Waals surface area contributed by atoms with Crippen LogP contribution in [0.2, 0.25) is 0 Å². The molecule has 15 heavy (non-hydrogen) atoms. The van der Waals surface area contributed by atoms with Gasteiger partial charge in [0.1, 0.15) is 5.69 Å². The van der Waals surface area contributed by atoms with E-state index < -0.39 is 0 Å². The molecule has 82 valence electrons. The molecule has 0 aliphatic carbocycles. The van der Waals surface area contributed by atoms with Gasteiger partial charge in [0.25, 0.3) is 0 Å². The Morgan fingerprint density at radius 3 is 3.20 bits per heavy atom. The molecule has 1 aliphatic rings. The van der Waals surface area contributed by atoms with E-state index in [1.165, 1.54) is 0 Å². The number of rotatable bonds is 3. The Hall–Kier alpha value is -0.680. The first kappa shape index (κ1) is 10.8. The van der Waals surface area contributed by atoms with Crippen LogP contribution in [0.3, 0.4) is 0 Å². The van der Waals surface area contributed by atoms with Crippen LogP contribution >= 0.6 is 15.9 Å². The zero-order valence-electron chi connectivity index (χ0n) is 8.66. The van der Waals surface area contributed by atoms with Crippen molar-refractivity contribution in [1.82, 2.24) is 15.1 Å². The fraction of sp³-hybridized carbons (Fsp3) is 0.600. The van der Waals surface area contributed by atoms with E-state index in [0.29, 0.717) is 5.69 Å². The zero-order valence-corrected chi connectivity index (χ0v) is 10.2. The highest BCUT2D eigenvalue weighted by Crippen LogP contribution is 2.22. The van der Waals surface area contributed by atoms with Gasteiger partial charge in [-0.1, -0.05) is 0 Å². The molecule has 0 aromatic carbocycles. The van der Waals surface area contributed by atoms with Gasteiger partial charge in [0.15, 0.2) is 5.78 Å². The lowest BCUT2D eigenvalue weighted by Gasteiger charge is -2.09. The standard InChI is InChI=1S/C10H14BrN3O/c1-2-14-9(8(11)6-13-14)10(15)7-3-4-12-5-7/h6-7,12H,2-5H2,1H3. The number of carbonyl (C=O) groups excluding carboxylic acids is 1. The highest BCUT2D eigenvalue weighted by Gasteiger charge is 2.27. The monoisotopic (exact) mass is 271 g/mol. The van der Waals surface area contributed by atoms with Crippen molar-refractivity contribution < 1.29 is 4.79 Å². The molecule has 2 heterocycles. The number of halogens is 1. The fourth-order valence-electron chi connectivity index (χ4n) is 1.92. The summed E-state index contributed by atoms with van der Waals surface area (Å²) >= 11 is 3.38. The summed E-state index contributed by atoms with van der Waals surface area (Å²) in [6.07, 6.45) is 2.62. The van der Waals surface area contributed by atoms with Crippen LogP contribution in [0.5, 0.6) is 0 Å². The van der Waals surface area contributed by atoms with E-state index in [2.05, 4.69) is 26.3 Å². The number of Topliss-reactive ketones (excluding diaryl/α,β-unsaturated/α-hetero) is 1. The minimum atomic E-state index is 0.114. The Labute approximate surface area is 97.2 Å². The number of ketones is 1. The molecule has 1 N–H and O–H groups in total. The van der Waals surface area contributed by atoms with Gasteiger partial charge in [-0.15, -0.1) is 0 Å². The lowest BCUT2D eigenvalue weighted by Crippen LogP contribution is -2.21. The first-order valence-electron chi connectivity index (χ1n) is 5.20. The molecule has 1 unspecified atom stereocenters. The second kappa shape index (κ2) is 4.45. The van der Waals surface area contributed by atoms with E-state index in [0.717, 1.165) is 30.5 Å². The average molecular weight is 272 g/mol. The summed E-state index contributed by atoms with van der Waals surface area (Å²) in [5.74, 6) is 0.314. The zero-order chi connectivity index (χ0) is 10.8. The van der Waals surface area contributed by atoms with E-state index in [-0.39, 0.29) is 11.7 Å². The topological polar surface area (TPSA) is 46.9 Å². The lowest BCUT2D eigenvalue weighted by molar-refractivity contribution is 0.0918. The molecular formula is C10H14BrN3O. The Bertz CT molecular complexity index is 369. The quantitative estimate of drug-likeness (QED) is 0.847. The van der Waals surface area contributed by atoms with Crippen molar-refractivity contribution in [3.8, 4) is 0 Å². The van der Waals surface area contributed by atoms with Gasteiger partial charge in [-0.3, -0.25) is 9.48 Å². The summed E-state index contributed by atoms with van der Waals surface area (Å²) < 4.78 is 2.56. The number of aryl methyl sites for hydroxylation is 1. The van der Waals surface area contributed by atoms with E-state index in [9.17, 15) is 4.79 Å². The van der Waals surface area contributed by atoms with Gasteiger partial charge >= 0.3 is 0 Å². The molecule has 0 amide bonds. The number of aromatic nitrogens is 2. The Morgan fingerprint density at radius 2 is 2.60 bits per heavy atom. The molecule has 1 aromatic rings. The van der Waals surface area contributed by atoms with Crippen molar-refractivity contribution >= 4 is 21.7 Å². The summed E-state index contributed by atoms with van der Waals surface area (Å²) in [5, 5.41) is 7.36. The van der Waals surface area contributed by atoms with Gasteiger partial charge in [0, 0.05) is 19.0 Å². The maximum Gasteiger partial charge on any atom is 0.186 e. The van der Waals surface area contributed by atoms with E-state index in [1.54, 1.807) is 10.9 Å². The fourth-order valence-corrected chi connectivity index (χ4v) is 2.41.